The molecule has 128 valence electrons. The number of rotatable bonds is 5. The number of nitrogens with one attached hydrogen (secondary N) is 2. The van der Waals surface area contributed by atoms with E-state index in [1.807, 2.05) is 0 Å². The second kappa shape index (κ2) is 8.64. The van der Waals surface area contributed by atoms with E-state index in [2.05, 4.69) is 46.7 Å². The third-order valence-electron chi connectivity index (χ3n) is 4.34. The fraction of sp³-hybridized carbons (Fsp3) is 0.588. The van der Waals surface area contributed by atoms with Crippen LogP contribution in [0.5, 0.6) is 0 Å². The molecule has 2 saturated heterocycles. The quantitative estimate of drug-likeness (QED) is 0.845. The van der Waals surface area contributed by atoms with Gasteiger partial charge in [-0.3, -0.25) is 9.69 Å². The van der Waals surface area contributed by atoms with Crippen LogP contribution < -0.4 is 10.6 Å². The zero-order valence-corrected chi connectivity index (χ0v) is 14.4. The van der Waals surface area contributed by atoms with Crippen molar-refractivity contribution in [3.63, 3.8) is 0 Å². The van der Waals surface area contributed by atoms with Crippen molar-refractivity contribution in [3.05, 3.63) is 35.4 Å². The summed E-state index contributed by atoms with van der Waals surface area (Å²) in [6, 6.07) is 8.50. The summed E-state index contributed by atoms with van der Waals surface area (Å²) < 4.78 is 5.58. The van der Waals surface area contributed by atoms with Gasteiger partial charge in [-0.25, -0.2) is 0 Å². The minimum absolute atomic E-state index is 0. The monoisotopic (exact) mass is 339 g/mol. The molecule has 0 bridgehead atoms. The first-order valence-corrected chi connectivity index (χ1v) is 8.11. The molecule has 0 spiro atoms. The maximum absolute atomic E-state index is 11.9. The van der Waals surface area contributed by atoms with Crippen molar-refractivity contribution in [3.8, 4) is 0 Å². The van der Waals surface area contributed by atoms with Crippen molar-refractivity contribution in [2.45, 2.75) is 26.1 Å². The minimum atomic E-state index is 0. The maximum atomic E-state index is 11.9. The lowest BCUT2D eigenvalue weighted by Gasteiger charge is -2.31. The van der Waals surface area contributed by atoms with E-state index in [-0.39, 0.29) is 24.2 Å². The average molecular weight is 340 g/mol. The Hall–Kier alpha value is -1.14. The maximum Gasteiger partial charge on any atom is 0.225 e. The van der Waals surface area contributed by atoms with Crippen LogP contribution in [0.2, 0.25) is 0 Å². The summed E-state index contributed by atoms with van der Waals surface area (Å²) in [6.07, 6.45) is 0.312. The molecule has 1 aromatic rings. The highest BCUT2D eigenvalue weighted by Gasteiger charge is 2.24. The van der Waals surface area contributed by atoms with Gasteiger partial charge in [-0.1, -0.05) is 24.3 Å². The molecule has 23 heavy (non-hydrogen) atoms. The van der Waals surface area contributed by atoms with E-state index in [4.69, 9.17) is 4.74 Å². The van der Waals surface area contributed by atoms with Gasteiger partial charge in [-0.15, -0.1) is 12.4 Å². The third kappa shape index (κ3) is 5.18. The Balaban J connectivity index is 0.00000192. The number of amides is 1. The number of morpholine rings is 1. The number of halogens is 1. The highest BCUT2D eigenvalue weighted by atomic mass is 35.5. The second-order valence-electron chi connectivity index (χ2n) is 6.31. The zero-order chi connectivity index (χ0) is 15.4. The highest BCUT2D eigenvalue weighted by Crippen LogP contribution is 2.12. The molecule has 0 aliphatic carbocycles. The van der Waals surface area contributed by atoms with E-state index in [9.17, 15) is 4.79 Å². The first-order valence-electron chi connectivity index (χ1n) is 8.11. The van der Waals surface area contributed by atoms with Crippen molar-refractivity contribution < 1.29 is 9.53 Å². The largest absolute Gasteiger partial charge is 0.376 e. The summed E-state index contributed by atoms with van der Waals surface area (Å²) in [5, 5.41) is 6.15. The summed E-state index contributed by atoms with van der Waals surface area (Å²) in [4.78, 5) is 14.3. The van der Waals surface area contributed by atoms with Gasteiger partial charge >= 0.3 is 0 Å². The summed E-state index contributed by atoms with van der Waals surface area (Å²) in [5.74, 6) is 0.309. The predicted octanol–water partition coefficient (Wildman–Crippen LogP) is 1.16. The molecule has 0 aromatic heterocycles. The van der Waals surface area contributed by atoms with E-state index in [0.717, 1.165) is 39.3 Å². The van der Waals surface area contributed by atoms with Crippen molar-refractivity contribution in [1.29, 1.82) is 0 Å². The van der Waals surface area contributed by atoms with E-state index in [0.29, 0.717) is 12.6 Å². The van der Waals surface area contributed by atoms with Crippen molar-refractivity contribution in [1.82, 2.24) is 15.5 Å². The van der Waals surface area contributed by atoms with E-state index < -0.39 is 0 Å². The van der Waals surface area contributed by atoms with Crippen LogP contribution in [0, 0.1) is 5.92 Å². The Morgan fingerprint density at radius 1 is 1.39 bits per heavy atom. The number of benzene rings is 1. The number of hydrogen-bond donors (Lipinski definition) is 2. The lowest BCUT2D eigenvalue weighted by atomic mass is 10.0. The Kier molecular flexibility index (Phi) is 6.84. The van der Waals surface area contributed by atoms with Gasteiger partial charge < -0.3 is 15.4 Å². The number of carbonyl (C=O) groups is 1. The van der Waals surface area contributed by atoms with Crippen molar-refractivity contribution >= 4 is 18.3 Å². The van der Waals surface area contributed by atoms with Gasteiger partial charge in [0.1, 0.15) is 0 Å². The van der Waals surface area contributed by atoms with Gasteiger partial charge in [0.05, 0.1) is 18.6 Å². The molecule has 5 nitrogen and oxygen atoms in total. The molecule has 2 fully saturated rings. The molecular weight excluding hydrogens is 314 g/mol. The molecule has 0 saturated carbocycles. The molecule has 2 N–H and O–H groups in total. The van der Waals surface area contributed by atoms with Crippen LogP contribution >= 0.6 is 12.4 Å². The fourth-order valence-electron chi connectivity index (χ4n) is 2.94. The van der Waals surface area contributed by atoms with Gasteiger partial charge in [0, 0.05) is 39.3 Å². The van der Waals surface area contributed by atoms with Gasteiger partial charge in [0.2, 0.25) is 5.91 Å². The molecule has 2 aliphatic heterocycles. The Morgan fingerprint density at radius 3 is 2.87 bits per heavy atom. The fourth-order valence-corrected chi connectivity index (χ4v) is 2.94. The summed E-state index contributed by atoms with van der Waals surface area (Å²) in [7, 11) is 0. The zero-order valence-electron chi connectivity index (χ0n) is 13.6. The topological polar surface area (TPSA) is 53.6 Å². The molecule has 1 amide bonds. The van der Waals surface area contributed by atoms with E-state index in [1.165, 1.54) is 11.1 Å². The molecule has 2 heterocycles. The lowest BCUT2D eigenvalue weighted by molar-refractivity contribution is -0.126. The normalized spacial score (nSPS) is 22.0. The minimum Gasteiger partial charge on any atom is -0.376 e. The molecule has 0 radical (unpaired) electrons. The van der Waals surface area contributed by atoms with Crippen molar-refractivity contribution in [2.24, 2.45) is 5.92 Å². The van der Waals surface area contributed by atoms with Gasteiger partial charge in [0.15, 0.2) is 0 Å². The van der Waals surface area contributed by atoms with Gasteiger partial charge in [0.25, 0.3) is 0 Å². The Labute approximate surface area is 144 Å². The number of nitrogens with zero attached hydrogens (tertiary/aromatic N) is 1. The third-order valence-corrected chi connectivity index (χ3v) is 4.34. The molecular formula is C17H26ClN3O2. The summed E-state index contributed by atoms with van der Waals surface area (Å²) >= 11 is 0. The standard InChI is InChI=1S/C17H25N3O2.ClH/c1-13-11-20(5-6-22-13)12-15-4-2-3-14(7-15)8-19-17(21)16-9-18-10-16;/h2-4,7,13,16,18H,5-6,8-12H2,1H3,(H,19,21);1H. The predicted molar refractivity (Wildman–Crippen MR) is 92.6 cm³/mol. The first kappa shape index (κ1) is 18.2. The van der Waals surface area contributed by atoms with Crippen molar-refractivity contribution in [2.75, 3.05) is 32.8 Å². The number of carbonyl (C=O) groups excluding carboxylic acids is 1. The van der Waals surface area contributed by atoms with E-state index in [1.54, 1.807) is 0 Å². The molecule has 6 heteroatoms. The van der Waals surface area contributed by atoms with Crippen LogP contribution in [0.25, 0.3) is 0 Å². The number of hydrogen-bond acceptors (Lipinski definition) is 4. The molecule has 1 aromatic carbocycles. The molecule has 1 atom stereocenters. The first-order chi connectivity index (χ1) is 10.7. The Bertz CT molecular complexity index is 522. The smallest absolute Gasteiger partial charge is 0.225 e. The molecule has 1 unspecified atom stereocenters. The van der Waals surface area contributed by atoms with Crippen LogP contribution in [0.3, 0.4) is 0 Å². The summed E-state index contributed by atoms with van der Waals surface area (Å²) in [6.45, 7) is 8.07. The van der Waals surface area contributed by atoms with Crippen LogP contribution in [-0.4, -0.2) is 49.7 Å². The average Bonchev–Trinajstić information content (AvgIpc) is 2.44. The van der Waals surface area contributed by atoms with Crippen LogP contribution in [0.4, 0.5) is 0 Å². The highest BCUT2D eigenvalue weighted by molar-refractivity contribution is 5.85. The van der Waals surface area contributed by atoms with Gasteiger partial charge in [-0.2, -0.15) is 0 Å². The summed E-state index contributed by atoms with van der Waals surface area (Å²) in [5.41, 5.74) is 2.46. The lowest BCUT2D eigenvalue weighted by Crippen LogP contribution is -2.50. The van der Waals surface area contributed by atoms with Crippen LogP contribution in [0.15, 0.2) is 24.3 Å². The Morgan fingerprint density at radius 2 is 2.17 bits per heavy atom. The van der Waals surface area contributed by atoms with Crippen LogP contribution in [-0.2, 0) is 22.6 Å². The van der Waals surface area contributed by atoms with Crippen LogP contribution in [0.1, 0.15) is 18.1 Å². The number of ether oxygens (including phenoxy) is 1. The van der Waals surface area contributed by atoms with E-state index >= 15 is 0 Å². The molecule has 3 rings (SSSR count). The molecule has 2 aliphatic rings. The second-order valence-corrected chi connectivity index (χ2v) is 6.31. The SMILES string of the molecule is CC1CN(Cc2cccc(CNC(=O)C3CNC3)c2)CCO1.Cl. The van der Waals surface area contributed by atoms with Gasteiger partial charge in [-0.05, 0) is 18.1 Å².